The van der Waals surface area contributed by atoms with Crippen molar-refractivity contribution >= 4 is 41.4 Å². The standard InChI is InChI=1S/C17H23Cl2N5O3.ClH/c1-17(2,10-27-16-4-3-15(22-20)23-24-16)21-8-13(25)9-26-14-6-11(18)5-12(19)7-14;/h3-7,13,21,25H,8-10,20H2,1-2H3,(H,22,23);1H. The quantitative estimate of drug-likeness (QED) is 0.321. The molecule has 5 N–H and O–H groups in total. The number of ether oxygens (including phenoxy) is 2. The van der Waals surface area contributed by atoms with Crippen LogP contribution < -0.4 is 26.1 Å². The molecule has 2 rings (SSSR count). The minimum absolute atomic E-state index is 0. The summed E-state index contributed by atoms with van der Waals surface area (Å²) in [5, 5.41) is 22.0. The molecule has 0 aliphatic rings. The van der Waals surface area contributed by atoms with Crippen molar-refractivity contribution in [2.45, 2.75) is 25.5 Å². The number of nitrogens with one attached hydrogen (secondary N) is 2. The summed E-state index contributed by atoms with van der Waals surface area (Å²) in [5.41, 5.74) is 1.98. The topological polar surface area (TPSA) is 115 Å². The van der Waals surface area contributed by atoms with Gasteiger partial charge in [0.1, 0.15) is 25.1 Å². The number of anilines is 1. The lowest BCUT2D eigenvalue weighted by molar-refractivity contribution is 0.0923. The largest absolute Gasteiger partial charge is 0.491 e. The Kier molecular flexibility index (Phi) is 10.0. The van der Waals surface area contributed by atoms with Gasteiger partial charge < -0.3 is 25.3 Å². The summed E-state index contributed by atoms with van der Waals surface area (Å²) < 4.78 is 11.1. The van der Waals surface area contributed by atoms with Crippen LogP contribution >= 0.6 is 35.6 Å². The van der Waals surface area contributed by atoms with E-state index in [0.29, 0.717) is 40.6 Å². The first kappa shape index (κ1) is 24.5. The monoisotopic (exact) mass is 451 g/mol. The van der Waals surface area contributed by atoms with Gasteiger partial charge in [0.15, 0.2) is 5.82 Å². The molecule has 0 aliphatic carbocycles. The molecule has 28 heavy (non-hydrogen) atoms. The van der Waals surface area contributed by atoms with E-state index < -0.39 is 11.6 Å². The summed E-state index contributed by atoms with van der Waals surface area (Å²) in [5.74, 6) is 6.57. The Balaban J connectivity index is 0.00000392. The second kappa shape index (κ2) is 11.5. The van der Waals surface area contributed by atoms with Crippen molar-refractivity contribution < 1.29 is 14.6 Å². The fourth-order valence-corrected chi connectivity index (χ4v) is 2.54. The Morgan fingerprint density at radius 1 is 1.14 bits per heavy atom. The first-order valence-electron chi connectivity index (χ1n) is 8.22. The van der Waals surface area contributed by atoms with Crippen LogP contribution in [0.3, 0.4) is 0 Å². The number of hydrogen-bond donors (Lipinski definition) is 4. The molecule has 1 aromatic carbocycles. The lowest BCUT2D eigenvalue weighted by Gasteiger charge is -2.27. The number of β-amino-alcohol motifs (C(OH)–C–C–N with tert-alkyl or cyclic N) is 1. The highest BCUT2D eigenvalue weighted by Crippen LogP contribution is 2.24. The van der Waals surface area contributed by atoms with Gasteiger partial charge in [-0.05, 0) is 38.1 Å². The molecule has 0 spiro atoms. The van der Waals surface area contributed by atoms with Crippen molar-refractivity contribution in [3.05, 3.63) is 40.4 Å². The van der Waals surface area contributed by atoms with Gasteiger partial charge >= 0.3 is 0 Å². The predicted molar refractivity (Wildman–Crippen MR) is 113 cm³/mol. The minimum atomic E-state index is -0.725. The molecule has 0 fully saturated rings. The van der Waals surface area contributed by atoms with Gasteiger partial charge in [-0.25, -0.2) is 5.84 Å². The fourth-order valence-electron chi connectivity index (χ4n) is 2.04. The molecule has 0 aliphatic heterocycles. The zero-order valence-electron chi connectivity index (χ0n) is 15.5. The summed E-state index contributed by atoms with van der Waals surface area (Å²) in [6.07, 6.45) is -0.725. The SMILES string of the molecule is CC(C)(COc1ccc(NN)nn1)NCC(O)COc1cc(Cl)cc(Cl)c1.Cl. The molecule has 0 saturated carbocycles. The molecular weight excluding hydrogens is 429 g/mol. The zero-order chi connectivity index (χ0) is 19.9. The molecule has 0 saturated heterocycles. The smallest absolute Gasteiger partial charge is 0.233 e. The number of aromatic nitrogens is 2. The summed E-state index contributed by atoms with van der Waals surface area (Å²) in [7, 11) is 0. The minimum Gasteiger partial charge on any atom is -0.491 e. The van der Waals surface area contributed by atoms with E-state index in [-0.39, 0.29) is 19.0 Å². The highest BCUT2D eigenvalue weighted by atomic mass is 35.5. The molecular formula is C17H24Cl3N5O3. The third-order valence-corrected chi connectivity index (χ3v) is 3.90. The summed E-state index contributed by atoms with van der Waals surface area (Å²) in [4.78, 5) is 0. The second-order valence-corrected chi connectivity index (χ2v) is 7.40. The number of benzene rings is 1. The molecule has 1 aromatic heterocycles. The number of aliphatic hydroxyl groups is 1. The van der Waals surface area contributed by atoms with Crippen LogP contribution in [0.5, 0.6) is 11.6 Å². The fraction of sp³-hybridized carbons (Fsp3) is 0.412. The van der Waals surface area contributed by atoms with Gasteiger partial charge in [0.2, 0.25) is 5.88 Å². The van der Waals surface area contributed by atoms with Gasteiger partial charge in [-0.3, -0.25) is 0 Å². The number of nitrogen functional groups attached to an aromatic ring is 1. The average molecular weight is 453 g/mol. The van der Waals surface area contributed by atoms with E-state index in [0.717, 1.165) is 0 Å². The van der Waals surface area contributed by atoms with Crippen LogP contribution in [0.4, 0.5) is 5.82 Å². The molecule has 11 heteroatoms. The van der Waals surface area contributed by atoms with E-state index in [1.807, 2.05) is 13.8 Å². The van der Waals surface area contributed by atoms with Gasteiger partial charge in [0.05, 0.1) is 0 Å². The molecule has 1 heterocycles. The highest BCUT2D eigenvalue weighted by Gasteiger charge is 2.20. The zero-order valence-corrected chi connectivity index (χ0v) is 17.8. The molecule has 2 aromatic rings. The molecule has 8 nitrogen and oxygen atoms in total. The number of hydrazine groups is 1. The Bertz CT molecular complexity index is 714. The second-order valence-electron chi connectivity index (χ2n) is 6.52. The van der Waals surface area contributed by atoms with Crippen molar-refractivity contribution in [1.29, 1.82) is 0 Å². The van der Waals surface area contributed by atoms with Gasteiger partial charge in [-0.2, -0.15) is 0 Å². The van der Waals surface area contributed by atoms with E-state index >= 15 is 0 Å². The Hall–Kier alpha value is -1.55. The molecule has 0 radical (unpaired) electrons. The van der Waals surface area contributed by atoms with Crippen LogP contribution in [0, 0.1) is 0 Å². The molecule has 1 atom stereocenters. The Morgan fingerprint density at radius 3 is 2.39 bits per heavy atom. The highest BCUT2D eigenvalue weighted by molar-refractivity contribution is 6.34. The van der Waals surface area contributed by atoms with Crippen molar-refractivity contribution in [3.63, 3.8) is 0 Å². The number of halogens is 3. The van der Waals surface area contributed by atoms with Crippen LogP contribution in [-0.4, -0.2) is 46.7 Å². The maximum Gasteiger partial charge on any atom is 0.233 e. The molecule has 0 amide bonds. The van der Waals surface area contributed by atoms with Gasteiger partial charge in [0, 0.05) is 28.2 Å². The van der Waals surface area contributed by atoms with Crippen LogP contribution in [-0.2, 0) is 0 Å². The molecule has 156 valence electrons. The van der Waals surface area contributed by atoms with Crippen LogP contribution in [0.1, 0.15) is 13.8 Å². The number of rotatable bonds is 10. The van der Waals surface area contributed by atoms with E-state index in [1.54, 1.807) is 30.3 Å². The molecule has 0 bridgehead atoms. The Morgan fingerprint density at radius 2 is 1.82 bits per heavy atom. The normalized spacial score (nSPS) is 12.1. The number of hydrogen-bond acceptors (Lipinski definition) is 8. The van der Waals surface area contributed by atoms with Crippen LogP contribution in [0.25, 0.3) is 0 Å². The number of aliphatic hydroxyl groups excluding tert-OH is 1. The summed E-state index contributed by atoms with van der Waals surface area (Å²) in [6.45, 7) is 4.63. The summed E-state index contributed by atoms with van der Waals surface area (Å²) in [6, 6.07) is 8.21. The third kappa shape index (κ3) is 8.64. The van der Waals surface area contributed by atoms with Gasteiger partial charge in [-0.15, -0.1) is 22.6 Å². The van der Waals surface area contributed by atoms with E-state index in [4.69, 9.17) is 38.5 Å². The lowest BCUT2D eigenvalue weighted by Crippen LogP contribution is -2.48. The van der Waals surface area contributed by atoms with Gasteiger partial charge in [0.25, 0.3) is 0 Å². The number of nitrogens with zero attached hydrogens (tertiary/aromatic N) is 2. The van der Waals surface area contributed by atoms with E-state index in [1.165, 1.54) is 0 Å². The van der Waals surface area contributed by atoms with Crippen molar-refractivity contribution in [2.24, 2.45) is 5.84 Å². The lowest BCUT2D eigenvalue weighted by atomic mass is 10.1. The third-order valence-electron chi connectivity index (χ3n) is 3.46. The van der Waals surface area contributed by atoms with Crippen molar-refractivity contribution in [1.82, 2.24) is 15.5 Å². The molecule has 1 unspecified atom stereocenters. The van der Waals surface area contributed by atoms with Gasteiger partial charge in [-0.1, -0.05) is 23.2 Å². The van der Waals surface area contributed by atoms with Crippen LogP contribution in [0.2, 0.25) is 10.0 Å². The van der Waals surface area contributed by atoms with Crippen molar-refractivity contribution in [3.8, 4) is 11.6 Å². The maximum atomic E-state index is 10.1. The predicted octanol–water partition coefficient (Wildman–Crippen LogP) is 2.68. The first-order chi connectivity index (χ1) is 12.8. The maximum absolute atomic E-state index is 10.1. The first-order valence-corrected chi connectivity index (χ1v) is 8.98. The Labute approximate surface area is 180 Å². The van der Waals surface area contributed by atoms with E-state index in [9.17, 15) is 5.11 Å². The summed E-state index contributed by atoms with van der Waals surface area (Å²) >= 11 is 11.8. The number of nitrogens with two attached hydrogens (primary N) is 1. The van der Waals surface area contributed by atoms with Crippen LogP contribution in [0.15, 0.2) is 30.3 Å². The van der Waals surface area contributed by atoms with E-state index in [2.05, 4.69) is 20.9 Å². The van der Waals surface area contributed by atoms with Crippen molar-refractivity contribution in [2.75, 3.05) is 25.2 Å². The average Bonchev–Trinajstić information content (AvgIpc) is 2.63.